The number of carbonyl (C=O) groups is 2. The van der Waals surface area contributed by atoms with Crippen LogP contribution in [0.1, 0.15) is 81.5 Å². The molecule has 0 bridgehead atoms. The molecular formula is C19H34N2O2. The highest BCUT2D eigenvalue weighted by atomic mass is 16.1. The second-order valence-electron chi connectivity index (χ2n) is 6.29. The first-order valence-corrected chi connectivity index (χ1v) is 8.35. The van der Waals surface area contributed by atoms with Gasteiger partial charge in [-0.25, -0.2) is 0 Å². The number of hydrogen-bond acceptors (Lipinski definition) is 2. The second kappa shape index (κ2) is 13.8. The van der Waals surface area contributed by atoms with Crippen LogP contribution >= 0.6 is 0 Å². The predicted octanol–water partition coefficient (Wildman–Crippen LogP) is 4.38. The Balaban J connectivity index is 0. The van der Waals surface area contributed by atoms with E-state index in [2.05, 4.69) is 41.5 Å². The first-order valence-electron chi connectivity index (χ1n) is 8.35. The molecular weight excluding hydrogens is 288 g/mol. The maximum absolute atomic E-state index is 10.6. The number of amides is 2. The van der Waals surface area contributed by atoms with Crippen molar-refractivity contribution >= 4 is 11.8 Å². The van der Waals surface area contributed by atoms with E-state index < -0.39 is 11.8 Å². The Kier molecular flexibility index (Phi) is 14.1. The summed E-state index contributed by atoms with van der Waals surface area (Å²) in [6, 6.07) is 5.84. The lowest BCUT2D eigenvalue weighted by Gasteiger charge is -1.96. The molecule has 0 saturated carbocycles. The zero-order valence-corrected chi connectivity index (χ0v) is 15.6. The van der Waals surface area contributed by atoms with Gasteiger partial charge >= 0.3 is 0 Å². The zero-order chi connectivity index (χ0) is 18.4. The van der Waals surface area contributed by atoms with Crippen LogP contribution in [0.15, 0.2) is 24.3 Å². The minimum absolute atomic E-state index is 0.361. The zero-order valence-electron chi connectivity index (χ0n) is 15.6. The molecule has 0 unspecified atom stereocenters. The van der Waals surface area contributed by atoms with Crippen molar-refractivity contribution in [3.8, 4) is 0 Å². The first kappa shape index (κ1) is 23.4. The summed E-state index contributed by atoms with van der Waals surface area (Å²) < 4.78 is 0. The summed E-state index contributed by atoms with van der Waals surface area (Å²) in [7, 11) is 0. The Morgan fingerprint density at radius 3 is 1.22 bits per heavy atom. The molecule has 0 heterocycles. The highest BCUT2D eigenvalue weighted by molar-refractivity contribution is 5.96. The van der Waals surface area contributed by atoms with Crippen LogP contribution in [0, 0.1) is 11.8 Å². The third-order valence-electron chi connectivity index (χ3n) is 3.14. The maximum Gasteiger partial charge on any atom is 0.248 e. The summed E-state index contributed by atoms with van der Waals surface area (Å²) in [6.07, 6.45) is 4.01. The van der Waals surface area contributed by atoms with E-state index in [0.29, 0.717) is 11.1 Å². The summed E-state index contributed by atoms with van der Waals surface area (Å²) in [6.45, 7) is 13.4. The summed E-state index contributed by atoms with van der Waals surface area (Å²) in [4.78, 5) is 21.2. The molecule has 0 aliphatic rings. The molecule has 1 rings (SSSR count). The number of primary amides is 2. The fourth-order valence-corrected chi connectivity index (χ4v) is 1.38. The molecule has 23 heavy (non-hydrogen) atoms. The summed E-state index contributed by atoms with van der Waals surface area (Å²) in [5, 5.41) is 0. The van der Waals surface area contributed by atoms with E-state index in [0.717, 1.165) is 11.8 Å². The standard InChI is InChI=1S/C8H8N2O2.C6H14.C5H12/c9-7(11)5-1-2-6(4-3-5)8(10)12;1-4-5-6(2)3;1-4-5(2)3/h1-4H,(H2,9,11)(H2,10,12);6H,4-5H2,1-3H3;5H,4H2,1-3H3. The van der Waals surface area contributed by atoms with Crippen molar-refractivity contribution in [1.29, 1.82) is 0 Å². The average molecular weight is 322 g/mol. The molecule has 2 amide bonds. The summed E-state index contributed by atoms with van der Waals surface area (Å²) >= 11 is 0. The SMILES string of the molecule is CCC(C)C.CCCC(C)C.NC(=O)c1ccc(C(N)=O)cc1. The third kappa shape index (κ3) is 14.8. The minimum atomic E-state index is -0.522. The molecule has 4 nitrogen and oxygen atoms in total. The Hall–Kier alpha value is -1.84. The van der Waals surface area contributed by atoms with Gasteiger partial charge in [0.25, 0.3) is 0 Å². The highest BCUT2D eigenvalue weighted by Gasteiger charge is 2.02. The van der Waals surface area contributed by atoms with Crippen LogP contribution < -0.4 is 11.5 Å². The van der Waals surface area contributed by atoms with Gasteiger partial charge in [-0.05, 0) is 36.1 Å². The Labute approximate surface area is 141 Å². The lowest BCUT2D eigenvalue weighted by atomic mass is 10.1. The number of carbonyl (C=O) groups excluding carboxylic acids is 2. The van der Waals surface area contributed by atoms with Crippen molar-refractivity contribution in [2.24, 2.45) is 23.3 Å². The second-order valence-corrected chi connectivity index (χ2v) is 6.29. The third-order valence-corrected chi connectivity index (χ3v) is 3.14. The Morgan fingerprint density at radius 2 is 1.13 bits per heavy atom. The molecule has 0 aromatic heterocycles. The molecule has 0 atom stereocenters. The maximum atomic E-state index is 10.6. The van der Waals surface area contributed by atoms with Gasteiger partial charge in [-0.1, -0.05) is 60.8 Å². The lowest BCUT2D eigenvalue weighted by Crippen LogP contribution is -2.13. The van der Waals surface area contributed by atoms with Gasteiger partial charge in [0.15, 0.2) is 0 Å². The van der Waals surface area contributed by atoms with Crippen LogP contribution in [0.5, 0.6) is 0 Å². The van der Waals surface area contributed by atoms with Gasteiger partial charge in [-0.2, -0.15) is 0 Å². The molecule has 0 spiro atoms. The Morgan fingerprint density at radius 1 is 0.826 bits per heavy atom. The van der Waals surface area contributed by atoms with Crippen LogP contribution in [0.3, 0.4) is 0 Å². The number of rotatable bonds is 5. The fourth-order valence-electron chi connectivity index (χ4n) is 1.38. The molecule has 1 aromatic rings. The van der Waals surface area contributed by atoms with Crippen molar-refractivity contribution < 1.29 is 9.59 Å². The fraction of sp³-hybridized carbons (Fsp3) is 0.579. The van der Waals surface area contributed by atoms with E-state index in [-0.39, 0.29) is 0 Å². The van der Waals surface area contributed by atoms with Gasteiger partial charge in [0, 0.05) is 11.1 Å². The van der Waals surface area contributed by atoms with E-state index in [1.807, 2.05) is 0 Å². The number of nitrogens with two attached hydrogens (primary N) is 2. The average Bonchev–Trinajstić information content (AvgIpc) is 2.48. The van der Waals surface area contributed by atoms with Crippen molar-refractivity contribution in [2.75, 3.05) is 0 Å². The number of hydrogen-bond donors (Lipinski definition) is 2. The largest absolute Gasteiger partial charge is 0.366 e. The molecule has 0 aliphatic heterocycles. The highest BCUT2D eigenvalue weighted by Crippen LogP contribution is 2.02. The smallest absolute Gasteiger partial charge is 0.248 e. The van der Waals surface area contributed by atoms with Gasteiger partial charge < -0.3 is 11.5 Å². The number of benzene rings is 1. The normalized spacial score (nSPS) is 9.57. The van der Waals surface area contributed by atoms with Gasteiger partial charge in [0.1, 0.15) is 0 Å². The lowest BCUT2D eigenvalue weighted by molar-refractivity contribution is 0.0988. The minimum Gasteiger partial charge on any atom is -0.366 e. The van der Waals surface area contributed by atoms with E-state index in [1.54, 1.807) is 0 Å². The first-order chi connectivity index (χ1) is 10.6. The van der Waals surface area contributed by atoms with E-state index in [4.69, 9.17) is 11.5 Å². The quantitative estimate of drug-likeness (QED) is 0.842. The van der Waals surface area contributed by atoms with Gasteiger partial charge in [-0.3, -0.25) is 9.59 Å². The van der Waals surface area contributed by atoms with Crippen LogP contribution in [-0.2, 0) is 0 Å². The van der Waals surface area contributed by atoms with Crippen LogP contribution in [0.2, 0.25) is 0 Å². The van der Waals surface area contributed by atoms with Gasteiger partial charge in [0.05, 0.1) is 0 Å². The van der Waals surface area contributed by atoms with Crippen molar-refractivity contribution in [1.82, 2.24) is 0 Å². The van der Waals surface area contributed by atoms with E-state index in [1.165, 1.54) is 43.5 Å². The molecule has 0 fully saturated rings. The van der Waals surface area contributed by atoms with E-state index in [9.17, 15) is 9.59 Å². The Bertz CT molecular complexity index is 404. The van der Waals surface area contributed by atoms with Crippen molar-refractivity contribution in [3.63, 3.8) is 0 Å². The van der Waals surface area contributed by atoms with E-state index >= 15 is 0 Å². The predicted molar refractivity (Wildman–Crippen MR) is 98.4 cm³/mol. The molecule has 0 saturated heterocycles. The molecule has 0 radical (unpaired) electrons. The molecule has 1 aromatic carbocycles. The summed E-state index contributed by atoms with van der Waals surface area (Å²) in [5.41, 5.74) is 10.7. The monoisotopic (exact) mass is 322 g/mol. The van der Waals surface area contributed by atoms with Crippen LogP contribution in [0.25, 0.3) is 0 Å². The van der Waals surface area contributed by atoms with Gasteiger partial charge in [-0.15, -0.1) is 0 Å². The van der Waals surface area contributed by atoms with Crippen molar-refractivity contribution in [2.45, 2.75) is 60.8 Å². The van der Waals surface area contributed by atoms with Crippen LogP contribution in [0.4, 0.5) is 0 Å². The molecule has 132 valence electrons. The molecule has 0 aliphatic carbocycles. The molecule has 4 N–H and O–H groups in total. The topological polar surface area (TPSA) is 86.2 Å². The molecule has 4 heteroatoms. The van der Waals surface area contributed by atoms with Crippen LogP contribution in [-0.4, -0.2) is 11.8 Å². The summed E-state index contributed by atoms with van der Waals surface area (Å²) in [5.74, 6) is 0.738. The van der Waals surface area contributed by atoms with Gasteiger partial charge in [0.2, 0.25) is 11.8 Å². The van der Waals surface area contributed by atoms with Crippen molar-refractivity contribution in [3.05, 3.63) is 35.4 Å².